The number of rotatable bonds is 5. The topological polar surface area (TPSA) is 58.2 Å². The number of carbonyl (C=O) groups is 2. The minimum Gasteiger partial charge on any atom is -0.326 e. The molecule has 34 heavy (non-hydrogen) atoms. The lowest BCUT2D eigenvalue weighted by atomic mass is 10.1. The molecular weight excluding hydrogens is 535 g/mol. The third-order valence-corrected chi connectivity index (χ3v) is 6.87. The van der Waals surface area contributed by atoms with Crippen LogP contribution < -0.4 is 10.6 Å². The molecule has 0 unspecified atom stereocenters. The summed E-state index contributed by atoms with van der Waals surface area (Å²) in [5.74, 6) is -5.36. The summed E-state index contributed by atoms with van der Waals surface area (Å²) < 4.78 is 39.3. The zero-order valence-electron chi connectivity index (χ0n) is 16.8. The second-order valence-corrected chi connectivity index (χ2v) is 9.82. The van der Waals surface area contributed by atoms with Crippen molar-refractivity contribution in [2.24, 2.45) is 5.92 Å². The number of carbonyl (C=O) groups excluding carboxylic acids is 2. The van der Waals surface area contributed by atoms with Crippen molar-refractivity contribution in [3.8, 4) is 0 Å². The second kappa shape index (κ2) is 9.30. The molecule has 4 nitrogen and oxygen atoms in total. The predicted molar refractivity (Wildman–Crippen MR) is 126 cm³/mol. The zero-order chi connectivity index (χ0) is 24.8. The number of anilines is 2. The van der Waals surface area contributed by atoms with Gasteiger partial charge in [0.25, 0.3) is 5.91 Å². The van der Waals surface area contributed by atoms with Gasteiger partial charge in [0.15, 0.2) is 0 Å². The largest absolute Gasteiger partial charge is 0.326 e. The van der Waals surface area contributed by atoms with Crippen LogP contribution >= 0.6 is 46.4 Å². The molecule has 1 aliphatic rings. The fraction of sp³-hybridized carbons (Fsp3) is 0.130. The summed E-state index contributed by atoms with van der Waals surface area (Å²) in [5.41, 5.74) is 0.279. The van der Waals surface area contributed by atoms with Crippen LogP contribution in [0.2, 0.25) is 10.0 Å². The molecule has 4 rings (SSSR count). The van der Waals surface area contributed by atoms with Gasteiger partial charge in [-0.25, -0.2) is 13.2 Å². The molecular formula is C23H13Cl4F3N2O2. The van der Waals surface area contributed by atoms with Crippen molar-refractivity contribution in [3.63, 3.8) is 0 Å². The third kappa shape index (κ3) is 4.84. The molecule has 0 saturated heterocycles. The SMILES string of the molecule is O=C(Nc1ccc(F)cc1F)c1cc(NC(=O)[C@H]2[C@H](c3ccc(Cl)c(F)c3)C2(Cl)Cl)ccc1Cl. The first-order chi connectivity index (χ1) is 16.0. The Hall–Kier alpha value is -2.45. The van der Waals surface area contributed by atoms with Crippen LogP contribution in [-0.4, -0.2) is 16.1 Å². The first-order valence-corrected chi connectivity index (χ1v) is 11.2. The summed E-state index contributed by atoms with van der Waals surface area (Å²) in [6.07, 6.45) is 0. The summed E-state index contributed by atoms with van der Waals surface area (Å²) >= 11 is 24.4. The van der Waals surface area contributed by atoms with Gasteiger partial charge in [-0.05, 0) is 48.0 Å². The van der Waals surface area contributed by atoms with Gasteiger partial charge < -0.3 is 10.6 Å². The Kier molecular flexibility index (Phi) is 6.75. The van der Waals surface area contributed by atoms with Crippen LogP contribution in [0.5, 0.6) is 0 Å². The van der Waals surface area contributed by atoms with Crippen molar-refractivity contribution in [3.05, 3.63) is 93.2 Å². The van der Waals surface area contributed by atoms with E-state index in [2.05, 4.69) is 10.6 Å². The molecule has 3 aromatic carbocycles. The first kappa shape index (κ1) is 24.7. The molecule has 0 radical (unpaired) electrons. The first-order valence-electron chi connectivity index (χ1n) is 9.68. The molecule has 0 aliphatic heterocycles. The average molecular weight is 548 g/mol. The minimum atomic E-state index is -1.48. The highest BCUT2D eigenvalue weighted by molar-refractivity contribution is 6.53. The second-order valence-electron chi connectivity index (χ2n) is 7.57. The van der Waals surface area contributed by atoms with Crippen LogP contribution in [0.15, 0.2) is 54.6 Å². The molecule has 1 saturated carbocycles. The van der Waals surface area contributed by atoms with Crippen LogP contribution in [-0.2, 0) is 4.79 Å². The van der Waals surface area contributed by atoms with E-state index in [1.54, 1.807) is 0 Å². The number of amides is 2. The number of alkyl halides is 2. The Balaban J connectivity index is 1.51. The minimum absolute atomic E-state index is 0.0305. The van der Waals surface area contributed by atoms with E-state index >= 15 is 0 Å². The Morgan fingerprint density at radius 1 is 0.824 bits per heavy atom. The molecule has 0 heterocycles. The van der Waals surface area contributed by atoms with E-state index in [1.165, 1.54) is 36.4 Å². The highest BCUT2D eigenvalue weighted by atomic mass is 35.5. The summed E-state index contributed by atoms with van der Waals surface area (Å²) in [5, 5.41) is 4.85. The number of nitrogens with one attached hydrogen (secondary N) is 2. The normalized spacial score (nSPS) is 18.3. The standard InChI is InChI=1S/C23H13Cl4F3N2O2/c24-14-5-3-12(9-13(14)21(33)32-18-6-2-11(28)8-17(18)30)31-22(34)20-19(23(20,26)27)10-1-4-15(25)16(29)7-10/h1-9,19-20H,(H,31,34)(H,32,33)/t19-,20+/m0/s1. The number of hydrogen-bond donors (Lipinski definition) is 2. The highest BCUT2D eigenvalue weighted by Gasteiger charge is 2.67. The number of halogens is 7. The quantitative estimate of drug-likeness (QED) is 0.332. The van der Waals surface area contributed by atoms with Gasteiger partial charge in [0.1, 0.15) is 21.8 Å². The Bertz CT molecular complexity index is 1320. The predicted octanol–water partition coefficient (Wildman–Crippen LogP) is 7.19. The molecule has 11 heteroatoms. The number of hydrogen-bond acceptors (Lipinski definition) is 2. The molecule has 2 N–H and O–H groups in total. The molecule has 176 valence electrons. The average Bonchev–Trinajstić information content (AvgIpc) is 3.35. The van der Waals surface area contributed by atoms with E-state index in [0.717, 1.165) is 12.1 Å². The highest BCUT2D eigenvalue weighted by Crippen LogP contribution is 2.65. The van der Waals surface area contributed by atoms with E-state index in [4.69, 9.17) is 46.4 Å². The maximum absolute atomic E-state index is 13.9. The summed E-state index contributed by atoms with van der Waals surface area (Å²) in [6.45, 7) is 0. The van der Waals surface area contributed by atoms with E-state index in [1.807, 2.05) is 0 Å². The lowest BCUT2D eigenvalue weighted by molar-refractivity contribution is -0.117. The van der Waals surface area contributed by atoms with Gasteiger partial charge in [-0.15, -0.1) is 23.2 Å². The van der Waals surface area contributed by atoms with Gasteiger partial charge in [0.2, 0.25) is 5.91 Å². The van der Waals surface area contributed by atoms with E-state index in [9.17, 15) is 22.8 Å². The summed E-state index contributed by atoms with van der Waals surface area (Å²) in [7, 11) is 0. The number of benzene rings is 3. The monoisotopic (exact) mass is 546 g/mol. The van der Waals surface area contributed by atoms with Crippen molar-refractivity contribution in [1.82, 2.24) is 0 Å². The van der Waals surface area contributed by atoms with Gasteiger partial charge in [0.05, 0.1) is 27.2 Å². The molecule has 2 atom stereocenters. The molecule has 3 aromatic rings. The van der Waals surface area contributed by atoms with Gasteiger partial charge >= 0.3 is 0 Å². The maximum atomic E-state index is 13.9. The zero-order valence-corrected chi connectivity index (χ0v) is 19.8. The molecule has 0 spiro atoms. The molecule has 2 amide bonds. The van der Waals surface area contributed by atoms with E-state index in [-0.39, 0.29) is 27.0 Å². The van der Waals surface area contributed by atoms with Gasteiger partial charge in [-0.2, -0.15) is 0 Å². The fourth-order valence-corrected chi connectivity index (χ4v) is 4.70. The van der Waals surface area contributed by atoms with Crippen molar-refractivity contribution in [2.75, 3.05) is 10.6 Å². The van der Waals surface area contributed by atoms with Gasteiger partial charge in [-0.3, -0.25) is 9.59 Å². The Morgan fingerprint density at radius 2 is 1.53 bits per heavy atom. The summed E-state index contributed by atoms with van der Waals surface area (Å²) in [4.78, 5) is 25.4. The molecule has 0 bridgehead atoms. The van der Waals surface area contributed by atoms with Crippen molar-refractivity contribution < 1.29 is 22.8 Å². The smallest absolute Gasteiger partial charge is 0.257 e. The lowest BCUT2D eigenvalue weighted by Crippen LogP contribution is -2.18. The van der Waals surface area contributed by atoms with E-state index < -0.39 is 45.4 Å². The lowest BCUT2D eigenvalue weighted by Gasteiger charge is -2.11. The fourth-order valence-electron chi connectivity index (χ4n) is 3.55. The summed E-state index contributed by atoms with van der Waals surface area (Å²) in [6, 6.07) is 10.8. The Labute approximate surface area is 211 Å². The van der Waals surface area contributed by atoms with E-state index in [0.29, 0.717) is 11.6 Å². The van der Waals surface area contributed by atoms with Crippen LogP contribution in [0.1, 0.15) is 21.8 Å². The van der Waals surface area contributed by atoms with Crippen molar-refractivity contribution in [2.45, 2.75) is 10.3 Å². The van der Waals surface area contributed by atoms with Crippen LogP contribution in [0, 0.1) is 23.4 Å². The molecule has 1 fully saturated rings. The van der Waals surface area contributed by atoms with Crippen molar-refractivity contribution >= 4 is 69.6 Å². The van der Waals surface area contributed by atoms with Crippen LogP contribution in [0.4, 0.5) is 24.5 Å². The van der Waals surface area contributed by atoms with Crippen LogP contribution in [0.25, 0.3) is 0 Å². The molecule has 1 aliphatic carbocycles. The molecule has 0 aromatic heterocycles. The van der Waals surface area contributed by atoms with Crippen molar-refractivity contribution in [1.29, 1.82) is 0 Å². The Morgan fingerprint density at radius 3 is 2.21 bits per heavy atom. The maximum Gasteiger partial charge on any atom is 0.257 e. The third-order valence-electron chi connectivity index (χ3n) is 5.30. The van der Waals surface area contributed by atoms with Gasteiger partial charge in [0, 0.05) is 17.7 Å². The van der Waals surface area contributed by atoms with Crippen LogP contribution in [0.3, 0.4) is 0 Å². The van der Waals surface area contributed by atoms with Gasteiger partial charge in [-0.1, -0.05) is 29.3 Å².